The van der Waals surface area contributed by atoms with Gasteiger partial charge in [-0.25, -0.2) is 0 Å². The van der Waals surface area contributed by atoms with Gasteiger partial charge in [-0.05, 0) is 49.3 Å². The zero-order valence-corrected chi connectivity index (χ0v) is 12.1. The Morgan fingerprint density at radius 3 is 2.79 bits per heavy atom. The highest BCUT2D eigenvalue weighted by Gasteiger charge is 2.29. The molecule has 2 rings (SSSR count). The molecule has 1 aliphatic rings. The van der Waals surface area contributed by atoms with Gasteiger partial charge in [0.05, 0.1) is 5.56 Å². The second-order valence-corrected chi connectivity index (χ2v) is 6.52. The van der Waals surface area contributed by atoms with Crippen molar-refractivity contribution in [1.82, 2.24) is 5.32 Å². The molecular weight excluding hydrogens is 236 g/mol. The molecule has 1 fully saturated rings. The Morgan fingerprint density at radius 1 is 1.42 bits per heavy atom. The molecule has 1 aromatic rings. The molecule has 3 heteroatoms. The predicted molar refractivity (Wildman–Crippen MR) is 79.1 cm³/mol. The Morgan fingerprint density at radius 2 is 2.16 bits per heavy atom. The third-order valence-electron chi connectivity index (χ3n) is 3.99. The first-order chi connectivity index (χ1) is 8.87. The number of aryl methyl sites for hydroxylation is 1. The number of nitrogens with one attached hydrogen (secondary N) is 1. The minimum atomic E-state index is -0.0415. The van der Waals surface area contributed by atoms with Gasteiger partial charge in [0.1, 0.15) is 0 Å². The second-order valence-electron chi connectivity index (χ2n) is 6.52. The van der Waals surface area contributed by atoms with Crippen molar-refractivity contribution in [2.75, 3.05) is 5.73 Å². The number of carbonyl (C=O) groups excluding carboxylic acids is 1. The van der Waals surface area contributed by atoms with E-state index in [9.17, 15) is 4.79 Å². The fourth-order valence-corrected chi connectivity index (χ4v) is 2.97. The molecular formula is C16H24N2O. The average molecular weight is 260 g/mol. The first-order valence-corrected chi connectivity index (χ1v) is 7.04. The molecule has 0 saturated heterocycles. The first kappa shape index (κ1) is 13.9. The molecule has 19 heavy (non-hydrogen) atoms. The van der Waals surface area contributed by atoms with Crippen LogP contribution in [-0.2, 0) is 0 Å². The minimum absolute atomic E-state index is 0.0415. The summed E-state index contributed by atoms with van der Waals surface area (Å²) in [5.41, 5.74) is 8.48. The summed E-state index contributed by atoms with van der Waals surface area (Å²) in [7, 11) is 0. The van der Waals surface area contributed by atoms with Crippen LogP contribution in [0.2, 0.25) is 0 Å². The number of nitrogen functional groups attached to an aromatic ring is 1. The third kappa shape index (κ3) is 3.49. The number of hydrogen-bond acceptors (Lipinski definition) is 2. The van der Waals surface area contributed by atoms with Crippen molar-refractivity contribution in [2.24, 2.45) is 5.41 Å². The van der Waals surface area contributed by atoms with Crippen LogP contribution in [0.25, 0.3) is 0 Å². The van der Waals surface area contributed by atoms with Gasteiger partial charge in [0.2, 0.25) is 0 Å². The topological polar surface area (TPSA) is 55.1 Å². The quantitative estimate of drug-likeness (QED) is 0.802. The van der Waals surface area contributed by atoms with Gasteiger partial charge >= 0.3 is 0 Å². The van der Waals surface area contributed by atoms with Crippen LogP contribution in [0.4, 0.5) is 5.69 Å². The zero-order valence-electron chi connectivity index (χ0n) is 12.1. The van der Waals surface area contributed by atoms with E-state index in [1.165, 1.54) is 12.8 Å². The highest BCUT2D eigenvalue weighted by atomic mass is 16.1. The summed E-state index contributed by atoms with van der Waals surface area (Å²) < 4.78 is 0. The number of carbonyl (C=O) groups is 1. The first-order valence-electron chi connectivity index (χ1n) is 7.04. The van der Waals surface area contributed by atoms with Crippen molar-refractivity contribution in [2.45, 2.75) is 52.5 Å². The van der Waals surface area contributed by atoms with Crippen LogP contribution in [0.5, 0.6) is 0 Å². The minimum Gasteiger partial charge on any atom is -0.398 e. The number of amides is 1. The Balaban J connectivity index is 2.04. The van der Waals surface area contributed by atoms with E-state index in [1.807, 2.05) is 25.1 Å². The monoisotopic (exact) mass is 260 g/mol. The van der Waals surface area contributed by atoms with Gasteiger partial charge in [-0.2, -0.15) is 0 Å². The van der Waals surface area contributed by atoms with E-state index < -0.39 is 0 Å². The fraction of sp³-hybridized carbons (Fsp3) is 0.562. The van der Waals surface area contributed by atoms with Crippen LogP contribution in [0.3, 0.4) is 0 Å². The molecule has 1 saturated carbocycles. The number of nitrogens with two attached hydrogens (primary N) is 1. The molecule has 104 valence electrons. The van der Waals surface area contributed by atoms with E-state index >= 15 is 0 Å². The Bertz CT molecular complexity index is 480. The average Bonchev–Trinajstić information content (AvgIpc) is 2.27. The summed E-state index contributed by atoms with van der Waals surface area (Å²) in [5, 5.41) is 3.13. The SMILES string of the molecule is Cc1ccc(C(=O)NC2CCCC(C)(C)C2)c(N)c1. The van der Waals surface area contributed by atoms with Crippen LogP contribution in [0.1, 0.15) is 55.5 Å². The lowest BCUT2D eigenvalue weighted by atomic mass is 9.75. The van der Waals surface area contributed by atoms with Crippen molar-refractivity contribution in [3.8, 4) is 0 Å². The normalized spacial score (nSPS) is 21.9. The van der Waals surface area contributed by atoms with Crippen molar-refractivity contribution < 1.29 is 4.79 Å². The smallest absolute Gasteiger partial charge is 0.253 e. The molecule has 1 unspecified atom stereocenters. The molecule has 1 amide bonds. The van der Waals surface area contributed by atoms with Crippen LogP contribution < -0.4 is 11.1 Å². The lowest BCUT2D eigenvalue weighted by Crippen LogP contribution is -2.40. The second kappa shape index (κ2) is 5.24. The molecule has 1 aliphatic carbocycles. The molecule has 0 radical (unpaired) electrons. The maximum Gasteiger partial charge on any atom is 0.253 e. The molecule has 3 nitrogen and oxygen atoms in total. The highest BCUT2D eigenvalue weighted by Crippen LogP contribution is 2.35. The van der Waals surface area contributed by atoms with Crippen molar-refractivity contribution in [1.29, 1.82) is 0 Å². The number of benzene rings is 1. The number of rotatable bonds is 2. The maximum absolute atomic E-state index is 12.3. The van der Waals surface area contributed by atoms with Gasteiger partial charge < -0.3 is 11.1 Å². The van der Waals surface area contributed by atoms with Crippen LogP contribution in [0, 0.1) is 12.3 Å². The maximum atomic E-state index is 12.3. The molecule has 0 aromatic heterocycles. The Hall–Kier alpha value is -1.51. The van der Waals surface area contributed by atoms with E-state index in [0.717, 1.165) is 18.4 Å². The summed E-state index contributed by atoms with van der Waals surface area (Å²) >= 11 is 0. The molecule has 1 aromatic carbocycles. The van der Waals surface area contributed by atoms with Crippen molar-refractivity contribution in [3.63, 3.8) is 0 Å². The fourth-order valence-electron chi connectivity index (χ4n) is 2.97. The lowest BCUT2D eigenvalue weighted by molar-refractivity contribution is 0.0903. The highest BCUT2D eigenvalue weighted by molar-refractivity contribution is 5.99. The van der Waals surface area contributed by atoms with Gasteiger partial charge in [0.15, 0.2) is 0 Å². The summed E-state index contributed by atoms with van der Waals surface area (Å²) in [6, 6.07) is 5.86. The third-order valence-corrected chi connectivity index (χ3v) is 3.99. The number of hydrogen-bond donors (Lipinski definition) is 2. The predicted octanol–water partition coefficient (Wildman–Crippen LogP) is 3.28. The van der Waals surface area contributed by atoms with E-state index in [-0.39, 0.29) is 11.9 Å². The summed E-state index contributed by atoms with van der Waals surface area (Å²) in [6.07, 6.45) is 4.54. The van der Waals surface area contributed by atoms with E-state index in [0.29, 0.717) is 16.7 Å². The largest absolute Gasteiger partial charge is 0.398 e. The van der Waals surface area contributed by atoms with Gasteiger partial charge in [-0.1, -0.05) is 26.3 Å². The lowest BCUT2D eigenvalue weighted by Gasteiger charge is -2.35. The molecule has 0 bridgehead atoms. The molecule has 0 aliphatic heterocycles. The molecule has 0 spiro atoms. The van der Waals surface area contributed by atoms with E-state index in [2.05, 4.69) is 19.2 Å². The van der Waals surface area contributed by atoms with Gasteiger partial charge in [-0.3, -0.25) is 4.79 Å². The van der Waals surface area contributed by atoms with Crippen molar-refractivity contribution >= 4 is 11.6 Å². The van der Waals surface area contributed by atoms with Crippen LogP contribution >= 0.6 is 0 Å². The molecule has 0 heterocycles. The summed E-state index contributed by atoms with van der Waals surface area (Å²) in [5.74, 6) is -0.0415. The van der Waals surface area contributed by atoms with Crippen molar-refractivity contribution in [3.05, 3.63) is 29.3 Å². The Labute approximate surface area is 115 Å². The van der Waals surface area contributed by atoms with Crippen LogP contribution in [-0.4, -0.2) is 11.9 Å². The molecule has 1 atom stereocenters. The van der Waals surface area contributed by atoms with E-state index in [1.54, 1.807) is 0 Å². The van der Waals surface area contributed by atoms with Gasteiger partial charge in [-0.15, -0.1) is 0 Å². The molecule has 3 N–H and O–H groups in total. The Kier molecular flexibility index (Phi) is 3.83. The summed E-state index contributed by atoms with van der Waals surface area (Å²) in [4.78, 5) is 12.3. The summed E-state index contributed by atoms with van der Waals surface area (Å²) in [6.45, 7) is 6.51. The van der Waals surface area contributed by atoms with Gasteiger partial charge in [0.25, 0.3) is 5.91 Å². The van der Waals surface area contributed by atoms with E-state index in [4.69, 9.17) is 5.73 Å². The van der Waals surface area contributed by atoms with Gasteiger partial charge in [0, 0.05) is 11.7 Å². The van der Waals surface area contributed by atoms with Crippen LogP contribution in [0.15, 0.2) is 18.2 Å². The standard InChI is InChI=1S/C16H24N2O/c1-11-6-7-13(14(17)9-11)15(19)18-12-5-4-8-16(2,3)10-12/h6-7,9,12H,4-5,8,10,17H2,1-3H3,(H,18,19). The zero-order chi connectivity index (χ0) is 14.0. The number of anilines is 1.